The Morgan fingerprint density at radius 2 is 2.17 bits per heavy atom. The summed E-state index contributed by atoms with van der Waals surface area (Å²) in [5.74, 6) is 1.38. The number of nitrogens with zero attached hydrogens (tertiary/aromatic N) is 5. The zero-order chi connectivity index (χ0) is 16.7. The molecule has 6 nitrogen and oxygen atoms in total. The summed E-state index contributed by atoms with van der Waals surface area (Å²) >= 11 is 1.18. The van der Waals surface area contributed by atoms with Crippen LogP contribution in [0.4, 0.5) is 0 Å². The zero-order valence-corrected chi connectivity index (χ0v) is 14.6. The number of fused-ring (bicyclic) bond motifs is 1. The summed E-state index contributed by atoms with van der Waals surface area (Å²) in [5, 5.41) is 3.96. The van der Waals surface area contributed by atoms with Gasteiger partial charge in [-0.05, 0) is 43.4 Å². The Morgan fingerprint density at radius 1 is 1.33 bits per heavy atom. The van der Waals surface area contributed by atoms with Crippen LogP contribution in [0.5, 0.6) is 0 Å². The molecule has 1 saturated heterocycles. The number of rotatable bonds is 2. The van der Waals surface area contributed by atoms with Crippen LogP contribution in [0, 0.1) is 6.92 Å². The van der Waals surface area contributed by atoms with Crippen LogP contribution in [0.3, 0.4) is 0 Å². The summed E-state index contributed by atoms with van der Waals surface area (Å²) in [4.78, 5) is 20.1. The predicted molar refractivity (Wildman–Crippen MR) is 93.2 cm³/mol. The Bertz CT molecular complexity index is 899. The summed E-state index contributed by atoms with van der Waals surface area (Å²) in [7, 11) is 2.06. The molecule has 1 amide bonds. The van der Waals surface area contributed by atoms with Gasteiger partial charge in [0.1, 0.15) is 10.7 Å². The van der Waals surface area contributed by atoms with Gasteiger partial charge in [-0.1, -0.05) is 16.6 Å². The van der Waals surface area contributed by atoms with Gasteiger partial charge in [0.25, 0.3) is 5.91 Å². The number of benzene rings is 1. The van der Waals surface area contributed by atoms with Gasteiger partial charge in [-0.15, -0.1) is 5.10 Å². The topological polar surface area (TPSA) is 63.9 Å². The second-order valence-corrected chi connectivity index (χ2v) is 7.05. The van der Waals surface area contributed by atoms with Crippen LogP contribution in [0.25, 0.3) is 11.0 Å². The van der Waals surface area contributed by atoms with Gasteiger partial charge in [-0.25, -0.2) is 4.98 Å². The van der Waals surface area contributed by atoms with E-state index in [9.17, 15) is 4.79 Å². The zero-order valence-electron chi connectivity index (χ0n) is 13.8. The number of carbonyl (C=O) groups excluding carboxylic acids is 1. The van der Waals surface area contributed by atoms with Crippen LogP contribution < -0.4 is 0 Å². The number of likely N-dealkylation sites (tertiary alicyclic amines) is 1. The van der Waals surface area contributed by atoms with Crippen molar-refractivity contribution < 1.29 is 4.79 Å². The lowest BCUT2D eigenvalue weighted by atomic mass is 9.97. The largest absolute Gasteiger partial charge is 0.337 e. The summed E-state index contributed by atoms with van der Waals surface area (Å²) in [5.41, 5.74) is 2.87. The van der Waals surface area contributed by atoms with Crippen molar-refractivity contribution in [1.82, 2.24) is 24.0 Å². The van der Waals surface area contributed by atoms with E-state index in [1.807, 2.05) is 30.0 Å². The van der Waals surface area contributed by atoms with Crippen molar-refractivity contribution in [2.45, 2.75) is 25.7 Å². The first-order valence-corrected chi connectivity index (χ1v) is 8.92. The van der Waals surface area contributed by atoms with Gasteiger partial charge in [0.05, 0.1) is 16.7 Å². The Hall–Kier alpha value is -2.28. The maximum Gasteiger partial charge on any atom is 0.267 e. The van der Waals surface area contributed by atoms with Crippen molar-refractivity contribution in [2.24, 2.45) is 7.05 Å². The molecule has 7 heteroatoms. The molecule has 1 aromatic carbocycles. The Labute approximate surface area is 144 Å². The normalized spacial score (nSPS) is 18.2. The first kappa shape index (κ1) is 15.3. The maximum absolute atomic E-state index is 12.7. The lowest BCUT2D eigenvalue weighted by molar-refractivity contribution is 0.0707. The van der Waals surface area contributed by atoms with Crippen molar-refractivity contribution in [2.75, 3.05) is 13.1 Å². The van der Waals surface area contributed by atoms with Crippen molar-refractivity contribution in [3.05, 3.63) is 40.7 Å². The Morgan fingerprint density at radius 3 is 2.92 bits per heavy atom. The highest BCUT2D eigenvalue weighted by Crippen LogP contribution is 2.29. The second kappa shape index (κ2) is 5.98. The molecule has 0 saturated carbocycles. The number of piperidine rings is 1. The van der Waals surface area contributed by atoms with E-state index in [0.717, 1.165) is 41.9 Å². The Kier molecular flexibility index (Phi) is 3.80. The average Bonchev–Trinajstić information content (AvgIpc) is 3.18. The van der Waals surface area contributed by atoms with Crippen LogP contribution in [0.1, 0.15) is 39.9 Å². The summed E-state index contributed by atoms with van der Waals surface area (Å²) in [6, 6.07) is 8.17. The van der Waals surface area contributed by atoms with Gasteiger partial charge in [0.15, 0.2) is 0 Å². The highest BCUT2D eigenvalue weighted by atomic mass is 32.1. The van der Waals surface area contributed by atoms with Gasteiger partial charge in [-0.3, -0.25) is 4.79 Å². The molecular formula is C17H19N5OS. The van der Waals surface area contributed by atoms with E-state index in [1.54, 1.807) is 0 Å². The molecule has 0 radical (unpaired) electrons. The molecule has 1 atom stereocenters. The van der Waals surface area contributed by atoms with Gasteiger partial charge in [0, 0.05) is 26.1 Å². The molecule has 24 heavy (non-hydrogen) atoms. The minimum absolute atomic E-state index is 0.0472. The molecule has 2 aromatic heterocycles. The number of carbonyl (C=O) groups is 1. The molecule has 0 bridgehead atoms. The predicted octanol–water partition coefficient (Wildman–Crippen LogP) is 2.75. The first-order valence-electron chi connectivity index (χ1n) is 8.14. The molecule has 3 aromatic rings. The number of imidazole rings is 1. The standard InChI is InChI=1S/C17H19N5OS/c1-11-15(24-20-19-11)17(23)22-9-5-6-12(10-22)16-18-13-7-3-4-8-14(13)21(16)2/h3-4,7-8,12H,5-6,9-10H2,1-2H3. The molecule has 0 N–H and O–H groups in total. The van der Waals surface area contributed by atoms with Crippen LogP contribution >= 0.6 is 11.5 Å². The third-order valence-electron chi connectivity index (χ3n) is 4.74. The van der Waals surface area contributed by atoms with Crippen LogP contribution in [-0.4, -0.2) is 43.0 Å². The van der Waals surface area contributed by atoms with E-state index in [2.05, 4.69) is 27.3 Å². The summed E-state index contributed by atoms with van der Waals surface area (Å²) in [6.07, 6.45) is 2.05. The molecule has 1 aliphatic rings. The molecule has 3 heterocycles. The Balaban J connectivity index is 1.61. The van der Waals surface area contributed by atoms with Crippen molar-refractivity contribution in [1.29, 1.82) is 0 Å². The van der Waals surface area contributed by atoms with Gasteiger partial charge in [-0.2, -0.15) is 0 Å². The summed E-state index contributed by atoms with van der Waals surface area (Å²) in [6.45, 7) is 3.33. The minimum atomic E-state index is 0.0472. The minimum Gasteiger partial charge on any atom is -0.337 e. The van der Waals surface area contributed by atoms with Crippen molar-refractivity contribution >= 4 is 28.5 Å². The number of hydrogen-bond donors (Lipinski definition) is 0. The fourth-order valence-corrected chi connectivity index (χ4v) is 4.10. The SMILES string of the molecule is Cc1nnsc1C(=O)N1CCCC(c2nc3ccccc3n2C)C1. The third kappa shape index (κ3) is 2.49. The second-order valence-electron chi connectivity index (χ2n) is 6.30. The van der Waals surface area contributed by atoms with Crippen molar-refractivity contribution in [3.8, 4) is 0 Å². The summed E-state index contributed by atoms with van der Waals surface area (Å²) < 4.78 is 6.05. The highest BCUT2D eigenvalue weighted by Gasteiger charge is 2.30. The van der Waals surface area contributed by atoms with E-state index in [4.69, 9.17) is 4.98 Å². The number of aryl methyl sites for hydroxylation is 2. The van der Waals surface area contributed by atoms with E-state index in [0.29, 0.717) is 11.4 Å². The number of para-hydroxylation sites is 2. The molecule has 1 fully saturated rings. The fraction of sp³-hybridized carbons (Fsp3) is 0.412. The monoisotopic (exact) mass is 341 g/mol. The average molecular weight is 341 g/mol. The maximum atomic E-state index is 12.7. The smallest absolute Gasteiger partial charge is 0.267 e. The highest BCUT2D eigenvalue weighted by molar-refractivity contribution is 7.07. The lowest BCUT2D eigenvalue weighted by Gasteiger charge is -2.32. The van der Waals surface area contributed by atoms with Crippen LogP contribution in [0.2, 0.25) is 0 Å². The molecule has 1 aliphatic heterocycles. The van der Waals surface area contributed by atoms with E-state index in [1.165, 1.54) is 11.5 Å². The van der Waals surface area contributed by atoms with Gasteiger partial charge < -0.3 is 9.47 Å². The first-order chi connectivity index (χ1) is 11.6. The molecule has 1 unspecified atom stereocenters. The number of hydrogen-bond acceptors (Lipinski definition) is 5. The van der Waals surface area contributed by atoms with Crippen molar-refractivity contribution in [3.63, 3.8) is 0 Å². The molecule has 124 valence electrons. The third-order valence-corrected chi connectivity index (χ3v) is 5.56. The lowest BCUT2D eigenvalue weighted by Crippen LogP contribution is -2.39. The van der Waals surface area contributed by atoms with E-state index >= 15 is 0 Å². The number of aromatic nitrogens is 4. The van der Waals surface area contributed by atoms with Crippen LogP contribution in [0.15, 0.2) is 24.3 Å². The molecular weight excluding hydrogens is 322 g/mol. The van der Waals surface area contributed by atoms with Crippen LogP contribution in [-0.2, 0) is 7.05 Å². The van der Waals surface area contributed by atoms with E-state index < -0.39 is 0 Å². The van der Waals surface area contributed by atoms with Gasteiger partial charge in [0.2, 0.25) is 0 Å². The molecule has 4 rings (SSSR count). The quantitative estimate of drug-likeness (QED) is 0.719. The molecule has 0 spiro atoms. The van der Waals surface area contributed by atoms with Gasteiger partial charge >= 0.3 is 0 Å². The molecule has 0 aliphatic carbocycles. The number of amides is 1. The fourth-order valence-electron chi connectivity index (χ4n) is 3.47. The van der Waals surface area contributed by atoms with E-state index in [-0.39, 0.29) is 11.8 Å².